The number of carbonyl (C=O) groups is 3. The molecule has 0 heterocycles. The molecular weight excluding hydrogens is 212 g/mol. The van der Waals surface area contributed by atoms with E-state index >= 15 is 0 Å². The van der Waals surface area contributed by atoms with Crippen LogP contribution in [-0.4, -0.2) is 24.3 Å². The van der Waals surface area contributed by atoms with Crippen LogP contribution in [0.4, 0.5) is 0 Å². The summed E-state index contributed by atoms with van der Waals surface area (Å²) in [7, 11) is 0. The Hall–Kier alpha value is -1.65. The Kier molecular flexibility index (Phi) is 6.83. The van der Waals surface area contributed by atoms with Crippen molar-refractivity contribution in [1.29, 1.82) is 0 Å². The van der Waals surface area contributed by atoms with Gasteiger partial charge in [-0.2, -0.15) is 0 Å². The summed E-state index contributed by atoms with van der Waals surface area (Å²) in [5.74, 6) is -2.30. The number of esters is 2. The first-order chi connectivity index (χ1) is 7.47. The van der Waals surface area contributed by atoms with E-state index in [1.165, 1.54) is 6.92 Å². The Balaban J connectivity index is 3.91. The van der Waals surface area contributed by atoms with Crippen LogP contribution in [0.1, 0.15) is 33.1 Å². The highest BCUT2D eigenvalue weighted by atomic mass is 16.6. The molecule has 0 radical (unpaired) electrons. The van der Waals surface area contributed by atoms with Crippen molar-refractivity contribution < 1.29 is 23.9 Å². The van der Waals surface area contributed by atoms with E-state index in [1.54, 1.807) is 0 Å². The van der Waals surface area contributed by atoms with Crippen molar-refractivity contribution in [2.45, 2.75) is 33.1 Å². The Morgan fingerprint density at radius 1 is 1.25 bits per heavy atom. The molecule has 0 aromatic rings. The van der Waals surface area contributed by atoms with Gasteiger partial charge in [-0.3, -0.25) is 9.59 Å². The maximum Gasteiger partial charge on any atom is 0.373 e. The zero-order valence-electron chi connectivity index (χ0n) is 9.58. The van der Waals surface area contributed by atoms with Gasteiger partial charge in [0.2, 0.25) is 5.76 Å². The largest absolute Gasteiger partial charge is 0.460 e. The van der Waals surface area contributed by atoms with Crippen molar-refractivity contribution >= 4 is 17.7 Å². The van der Waals surface area contributed by atoms with Gasteiger partial charge in [-0.05, 0) is 19.9 Å². The van der Waals surface area contributed by atoms with Crippen molar-refractivity contribution in [3.8, 4) is 0 Å². The first kappa shape index (κ1) is 14.3. The molecule has 0 aromatic carbocycles. The highest BCUT2D eigenvalue weighted by Gasteiger charge is 2.15. The van der Waals surface area contributed by atoms with Crippen molar-refractivity contribution in [3.05, 3.63) is 12.3 Å². The second kappa shape index (κ2) is 7.62. The van der Waals surface area contributed by atoms with Crippen LogP contribution in [0.3, 0.4) is 0 Å². The van der Waals surface area contributed by atoms with E-state index in [4.69, 9.17) is 4.74 Å². The van der Waals surface area contributed by atoms with Crippen LogP contribution in [0, 0.1) is 0 Å². The van der Waals surface area contributed by atoms with Crippen LogP contribution < -0.4 is 0 Å². The van der Waals surface area contributed by atoms with E-state index in [9.17, 15) is 14.4 Å². The van der Waals surface area contributed by atoms with Crippen molar-refractivity contribution in [2.75, 3.05) is 6.61 Å². The molecule has 0 aliphatic heterocycles. The molecule has 0 aliphatic rings. The van der Waals surface area contributed by atoms with E-state index < -0.39 is 11.9 Å². The number of hydrogen-bond donors (Lipinski definition) is 0. The number of carbonyl (C=O) groups excluding carboxylic acids is 3. The first-order valence-corrected chi connectivity index (χ1v) is 5.03. The molecule has 0 aromatic heterocycles. The number of ketones is 1. The predicted octanol–water partition coefficient (Wildman–Crippen LogP) is 1.37. The summed E-state index contributed by atoms with van der Waals surface area (Å²) >= 11 is 0. The minimum absolute atomic E-state index is 0.263. The number of unbranched alkanes of at least 4 members (excludes halogenated alkanes) is 1. The average molecular weight is 228 g/mol. The standard InChI is InChI=1S/C11H16O5/c1-4-5-6-15-11(14)9(3)16-10(13)7-8(2)12/h3-7H2,1-2H3. The van der Waals surface area contributed by atoms with Crippen LogP contribution in [0.25, 0.3) is 0 Å². The van der Waals surface area contributed by atoms with Gasteiger partial charge in [0.1, 0.15) is 12.2 Å². The van der Waals surface area contributed by atoms with Gasteiger partial charge in [0, 0.05) is 0 Å². The predicted molar refractivity (Wildman–Crippen MR) is 56.4 cm³/mol. The highest BCUT2D eigenvalue weighted by molar-refractivity contribution is 5.96. The molecular formula is C11H16O5. The van der Waals surface area contributed by atoms with Crippen LogP contribution in [0.15, 0.2) is 12.3 Å². The molecule has 0 spiro atoms. The van der Waals surface area contributed by atoms with Gasteiger partial charge < -0.3 is 9.47 Å². The maximum absolute atomic E-state index is 11.2. The molecule has 0 atom stereocenters. The minimum atomic E-state index is -0.801. The smallest absolute Gasteiger partial charge is 0.373 e. The lowest BCUT2D eigenvalue weighted by Gasteiger charge is -2.06. The van der Waals surface area contributed by atoms with E-state index in [0.717, 1.165) is 12.8 Å². The van der Waals surface area contributed by atoms with Gasteiger partial charge in [-0.15, -0.1) is 0 Å². The molecule has 5 nitrogen and oxygen atoms in total. The van der Waals surface area contributed by atoms with E-state index in [1.807, 2.05) is 6.92 Å². The number of rotatable bonds is 7. The normalized spacial score (nSPS) is 9.38. The maximum atomic E-state index is 11.2. The summed E-state index contributed by atoms with van der Waals surface area (Å²) < 4.78 is 9.27. The minimum Gasteiger partial charge on any atom is -0.460 e. The molecule has 0 saturated carbocycles. The molecule has 0 aliphatic carbocycles. The molecule has 0 N–H and O–H groups in total. The summed E-state index contributed by atoms with van der Waals surface area (Å²) in [5.41, 5.74) is 0. The molecule has 0 rings (SSSR count). The summed E-state index contributed by atoms with van der Waals surface area (Å²) in [4.78, 5) is 32.7. The monoisotopic (exact) mass is 228 g/mol. The second-order valence-corrected chi connectivity index (χ2v) is 3.27. The first-order valence-electron chi connectivity index (χ1n) is 5.03. The Morgan fingerprint density at radius 3 is 2.38 bits per heavy atom. The van der Waals surface area contributed by atoms with E-state index in [0.29, 0.717) is 0 Å². The molecule has 0 bridgehead atoms. The lowest BCUT2D eigenvalue weighted by molar-refractivity contribution is -0.152. The van der Waals surface area contributed by atoms with Crippen LogP contribution in [0.2, 0.25) is 0 Å². The fourth-order valence-corrected chi connectivity index (χ4v) is 0.808. The molecule has 0 fully saturated rings. The van der Waals surface area contributed by atoms with Gasteiger partial charge in [0.15, 0.2) is 0 Å². The van der Waals surface area contributed by atoms with Gasteiger partial charge in [-0.1, -0.05) is 13.3 Å². The quantitative estimate of drug-likeness (QED) is 0.216. The average Bonchev–Trinajstić information content (AvgIpc) is 2.16. The third-order valence-corrected chi connectivity index (χ3v) is 1.59. The van der Waals surface area contributed by atoms with Gasteiger partial charge in [-0.25, -0.2) is 4.79 Å². The number of Topliss-reactive ketones (excluding diaryl/α,β-unsaturated/α-hetero) is 1. The summed E-state index contributed by atoms with van der Waals surface area (Å²) in [6.45, 7) is 6.72. The van der Waals surface area contributed by atoms with Gasteiger partial charge in [0.25, 0.3) is 0 Å². The van der Waals surface area contributed by atoms with Crippen molar-refractivity contribution in [2.24, 2.45) is 0 Å². The van der Waals surface area contributed by atoms with Crippen molar-refractivity contribution in [1.82, 2.24) is 0 Å². The molecule has 5 heteroatoms. The third kappa shape index (κ3) is 6.75. The van der Waals surface area contributed by atoms with Gasteiger partial charge in [0.05, 0.1) is 6.61 Å². The lowest BCUT2D eigenvalue weighted by Crippen LogP contribution is -2.15. The Morgan fingerprint density at radius 2 is 1.88 bits per heavy atom. The fraction of sp³-hybridized carbons (Fsp3) is 0.545. The SMILES string of the molecule is C=C(OC(=O)CC(C)=O)C(=O)OCCCC. The Bertz CT molecular complexity index is 293. The van der Waals surface area contributed by atoms with Gasteiger partial charge >= 0.3 is 11.9 Å². The Labute approximate surface area is 94.4 Å². The third-order valence-electron chi connectivity index (χ3n) is 1.59. The summed E-state index contributed by atoms with van der Waals surface area (Å²) in [6.07, 6.45) is 1.26. The second-order valence-electron chi connectivity index (χ2n) is 3.27. The summed E-state index contributed by atoms with van der Waals surface area (Å²) in [5, 5.41) is 0. The molecule has 90 valence electrons. The summed E-state index contributed by atoms with van der Waals surface area (Å²) in [6, 6.07) is 0. The zero-order chi connectivity index (χ0) is 12.6. The number of ether oxygens (including phenoxy) is 2. The van der Waals surface area contributed by atoms with Crippen LogP contribution >= 0.6 is 0 Å². The zero-order valence-corrected chi connectivity index (χ0v) is 9.58. The molecule has 0 saturated heterocycles. The molecule has 0 amide bonds. The van der Waals surface area contributed by atoms with Crippen molar-refractivity contribution in [3.63, 3.8) is 0 Å². The lowest BCUT2D eigenvalue weighted by atomic mass is 10.3. The van der Waals surface area contributed by atoms with E-state index in [-0.39, 0.29) is 24.6 Å². The van der Waals surface area contributed by atoms with Crippen LogP contribution in [-0.2, 0) is 23.9 Å². The van der Waals surface area contributed by atoms with Crippen LogP contribution in [0.5, 0.6) is 0 Å². The fourth-order valence-electron chi connectivity index (χ4n) is 0.808. The highest BCUT2D eigenvalue weighted by Crippen LogP contribution is 2.01. The molecule has 16 heavy (non-hydrogen) atoms. The number of hydrogen-bond acceptors (Lipinski definition) is 5. The molecule has 0 unspecified atom stereocenters. The topological polar surface area (TPSA) is 69.7 Å². The van der Waals surface area contributed by atoms with E-state index in [2.05, 4.69) is 11.3 Å².